The van der Waals surface area contributed by atoms with Gasteiger partial charge in [-0.25, -0.2) is 4.98 Å². The fourth-order valence-electron chi connectivity index (χ4n) is 1.31. The predicted octanol–water partition coefficient (Wildman–Crippen LogP) is 3.02. The number of nitrogens with zero attached hydrogens (tertiary/aromatic N) is 2. The number of pyridine rings is 1. The normalized spacial score (nSPS) is 12.4. The van der Waals surface area contributed by atoms with Gasteiger partial charge in [-0.2, -0.15) is 0 Å². The summed E-state index contributed by atoms with van der Waals surface area (Å²) in [5.74, 6) is 0. The van der Waals surface area contributed by atoms with Crippen LogP contribution in [0.5, 0.6) is 0 Å². The SMILES string of the molecule is Cc1cnc(NC(C)c2ccccn2)s1. The molecular weight excluding hydrogens is 206 g/mol. The number of hydrogen-bond donors (Lipinski definition) is 1. The molecule has 0 saturated carbocycles. The molecule has 0 radical (unpaired) electrons. The Balaban J connectivity index is 2.07. The van der Waals surface area contributed by atoms with Crippen molar-refractivity contribution in [3.05, 3.63) is 41.2 Å². The first-order chi connectivity index (χ1) is 7.25. The Morgan fingerprint density at radius 3 is 2.80 bits per heavy atom. The first-order valence-corrected chi connectivity index (χ1v) is 5.67. The second-order valence-electron chi connectivity index (χ2n) is 3.40. The van der Waals surface area contributed by atoms with Crippen LogP contribution in [0.4, 0.5) is 5.13 Å². The lowest BCUT2D eigenvalue weighted by Crippen LogP contribution is -2.07. The van der Waals surface area contributed by atoms with Gasteiger partial charge in [-0.1, -0.05) is 6.07 Å². The van der Waals surface area contributed by atoms with E-state index in [1.807, 2.05) is 31.3 Å². The zero-order valence-electron chi connectivity index (χ0n) is 8.77. The third-order valence-electron chi connectivity index (χ3n) is 2.09. The van der Waals surface area contributed by atoms with Crippen molar-refractivity contribution < 1.29 is 0 Å². The summed E-state index contributed by atoms with van der Waals surface area (Å²) in [6, 6.07) is 6.12. The number of aryl methyl sites for hydroxylation is 1. The number of hydrogen-bond acceptors (Lipinski definition) is 4. The molecule has 0 aliphatic carbocycles. The number of aromatic nitrogens is 2. The summed E-state index contributed by atoms with van der Waals surface area (Å²) in [4.78, 5) is 9.77. The first kappa shape index (κ1) is 10.1. The molecule has 1 N–H and O–H groups in total. The third kappa shape index (κ3) is 2.53. The molecule has 0 spiro atoms. The van der Waals surface area contributed by atoms with Crippen molar-refractivity contribution in [2.75, 3.05) is 5.32 Å². The van der Waals surface area contributed by atoms with Crippen LogP contribution in [0.3, 0.4) is 0 Å². The van der Waals surface area contributed by atoms with E-state index in [1.54, 1.807) is 17.5 Å². The van der Waals surface area contributed by atoms with E-state index in [2.05, 4.69) is 22.2 Å². The molecule has 0 bridgehead atoms. The predicted molar refractivity (Wildman–Crippen MR) is 63.1 cm³/mol. The quantitative estimate of drug-likeness (QED) is 0.862. The van der Waals surface area contributed by atoms with E-state index in [-0.39, 0.29) is 6.04 Å². The van der Waals surface area contributed by atoms with Gasteiger partial charge in [0.05, 0.1) is 11.7 Å². The maximum absolute atomic E-state index is 4.30. The number of rotatable bonds is 3. The van der Waals surface area contributed by atoms with Gasteiger partial charge in [0.25, 0.3) is 0 Å². The Bertz CT molecular complexity index is 424. The highest BCUT2D eigenvalue weighted by atomic mass is 32.1. The van der Waals surface area contributed by atoms with E-state index in [4.69, 9.17) is 0 Å². The van der Waals surface area contributed by atoms with Gasteiger partial charge in [-0.15, -0.1) is 11.3 Å². The average Bonchev–Trinajstić information content (AvgIpc) is 2.65. The molecular formula is C11H13N3S. The number of anilines is 1. The van der Waals surface area contributed by atoms with E-state index in [1.165, 1.54) is 4.88 Å². The second kappa shape index (κ2) is 4.40. The van der Waals surface area contributed by atoms with E-state index in [9.17, 15) is 0 Å². The van der Waals surface area contributed by atoms with Crippen molar-refractivity contribution in [2.24, 2.45) is 0 Å². The Kier molecular flexibility index (Phi) is 2.97. The van der Waals surface area contributed by atoms with Crippen LogP contribution in [0.15, 0.2) is 30.6 Å². The molecule has 15 heavy (non-hydrogen) atoms. The minimum Gasteiger partial charge on any atom is -0.353 e. The first-order valence-electron chi connectivity index (χ1n) is 4.85. The molecule has 2 aromatic heterocycles. The van der Waals surface area contributed by atoms with Crippen LogP contribution in [0.2, 0.25) is 0 Å². The van der Waals surface area contributed by atoms with Crippen LogP contribution >= 0.6 is 11.3 Å². The van der Waals surface area contributed by atoms with Gasteiger partial charge >= 0.3 is 0 Å². The molecule has 0 fully saturated rings. The Morgan fingerprint density at radius 2 is 2.20 bits per heavy atom. The minimum atomic E-state index is 0.191. The summed E-state index contributed by atoms with van der Waals surface area (Å²) < 4.78 is 0. The fraction of sp³-hybridized carbons (Fsp3) is 0.273. The summed E-state index contributed by atoms with van der Waals surface area (Å²) in [6.45, 7) is 4.13. The van der Waals surface area contributed by atoms with Crippen LogP contribution in [0.25, 0.3) is 0 Å². The summed E-state index contributed by atoms with van der Waals surface area (Å²) in [5, 5.41) is 4.27. The van der Waals surface area contributed by atoms with Gasteiger partial charge in [0.1, 0.15) is 0 Å². The van der Waals surface area contributed by atoms with Gasteiger partial charge in [0, 0.05) is 17.3 Å². The molecule has 0 amide bonds. The van der Waals surface area contributed by atoms with E-state index in [0.29, 0.717) is 0 Å². The van der Waals surface area contributed by atoms with Gasteiger partial charge in [-0.3, -0.25) is 4.98 Å². The van der Waals surface area contributed by atoms with Crippen LogP contribution in [0, 0.1) is 6.92 Å². The molecule has 0 aliphatic heterocycles. The van der Waals surface area contributed by atoms with Gasteiger partial charge in [0.2, 0.25) is 0 Å². The zero-order chi connectivity index (χ0) is 10.7. The molecule has 2 heterocycles. The van der Waals surface area contributed by atoms with Crippen molar-refractivity contribution >= 4 is 16.5 Å². The molecule has 1 atom stereocenters. The third-order valence-corrected chi connectivity index (χ3v) is 2.94. The Morgan fingerprint density at radius 1 is 1.33 bits per heavy atom. The molecule has 2 aromatic rings. The van der Waals surface area contributed by atoms with Crippen molar-refractivity contribution in [1.29, 1.82) is 0 Å². The van der Waals surface area contributed by atoms with E-state index in [0.717, 1.165) is 10.8 Å². The highest BCUT2D eigenvalue weighted by Gasteiger charge is 2.07. The largest absolute Gasteiger partial charge is 0.353 e. The van der Waals surface area contributed by atoms with Crippen molar-refractivity contribution in [3.8, 4) is 0 Å². The number of thiazole rings is 1. The van der Waals surface area contributed by atoms with Crippen LogP contribution in [-0.4, -0.2) is 9.97 Å². The maximum atomic E-state index is 4.30. The molecule has 4 heteroatoms. The monoisotopic (exact) mass is 219 g/mol. The maximum Gasteiger partial charge on any atom is 0.183 e. The second-order valence-corrected chi connectivity index (χ2v) is 4.63. The molecule has 3 nitrogen and oxygen atoms in total. The van der Waals surface area contributed by atoms with Crippen LogP contribution < -0.4 is 5.32 Å². The smallest absolute Gasteiger partial charge is 0.183 e. The zero-order valence-corrected chi connectivity index (χ0v) is 9.58. The van der Waals surface area contributed by atoms with Gasteiger partial charge in [0.15, 0.2) is 5.13 Å². The summed E-state index contributed by atoms with van der Waals surface area (Å²) in [7, 11) is 0. The molecule has 2 rings (SSSR count). The highest BCUT2D eigenvalue weighted by molar-refractivity contribution is 7.15. The Hall–Kier alpha value is -1.42. The fourth-order valence-corrected chi connectivity index (χ4v) is 2.06. The van der Waals surface area contributed by atoms with Gasteiger partial charge in [-0.05, 0) is 26.0 Å². The lowest BCUT2D eigenvalue weighted by atomic mass is 10.2. The summed E-state index contributed by atoms with van der Waals surface area (Å²) in [6.07, 6.45) is 3.68. The van der Waals surface area contributed by atoms with Crippen LogP contribution in [0.1, 0.15) is 23.5 Å². The van der Waals surface area contributed by atoms with Crippen LogP contribution in [-0.2, 0) is 0 Å². The van der Waals surface area contributed by atoms with Crippen molar-refractivity contribution in [1.82, 2.24) is 9.97 Å². The van der Waals surface area contributed by atoms with E-state index < -0.39 is 0 Å². The molecule has 0 saturated heterocycles. The topological polar surface area (TPSA) is 37.8 Å². The molecule has 0 aliphatic rings. The molecule has 0 aromatic carbocycles. The lowest BCUT2D eigenvalue weighted by Gasteiger charge is -2.11. The van der Waals surface area contributed by atoms with Gasteiger partial charge < -0.3 is 5.32 Å². The Labute approximate surface area is 93.2 Å². The standard InChI is InChI=1S/C11H13N3S/c1-8-7-13-11(15-8)14-9(2)10-5-3-4-6-12-10/h3-7,9H,1-2H3,(H,13,14). The highest BCUT2D eigenvalue weighted by Crippen LogP contribution is 2.21. The van der Waals surface area contributed by atoms with E-state index >= 15 is 0 Å². The molecule has 78 valence electrons. The summed E-state index contributed by atoms with van der Waals surface area (Å²) in [5.41, 5.74) is 1.03. The number of nitrogens with one attached hydrogen (secondary N) is 1. The van der Waals surface area contributed by atoms with Crippen molar-refractivity contribution in [3.63, 3.8) is 0 Å². The lowest BCUT2D eigenvalue weighted by molar-refractivity contribution is 0.837. The molecule has 1 unspecified atom stereocenters. The minimum absolute atomic E-state index is 0.191. The summed E-state index contributed by atoms with van der Waals surface area (Å²) >= 11 is 1.66. The van der Waals surface area contributed by atoms with Crippen molar-refractivity contribution in [2.45, 2.75) is 19.9 Å². The average molecular weight is 219 g/mol.